The average Bonchev–Trinajstić information content (AvgIpc) is 2.67. The number of fused-ring (bicyclic) bond motifs is 5. The normalized spacial score (nSPS) is 52.6. The molecule has 5 aliphatic rings. The van der Waals surface area contributed by atoms with Crippen LogP contribution in [0.3, 0.4) is 0 Å². The van der Waals surface area contributed by atoms with Gasteiger partial charge < -0.3 is 10.2 Å². The van der Waals surface area contributed by atoms with Crippen LogP contribution >= 0.6 is 0 Å². The summed E-state index contributed by atoms with van der Waals surface area (Å²) >= 11 is 0. The molecule has 5 fully saturated rings. The predicted octanol–water partition coefficient (Wildman–Crippen LogP) is 5.23. The van der Waals surface area contributed by atoms with Crippen molar-refractivity contribution >= 4 is 0 Å². The molecule has 0 aromatic carbocycles. The SMILES string of the molecule is C[C@@]12CC[C@@H](N3CCCCC3)C[C@@H]1CC[C@@H]1[C@@H]2CC[C@]2(C)NCCC[C@@H]12. The molecule has 2 heteroatoms. The van der Waals surface area contributed by atoms with Gasteiger partial charge in [0.1, 0.15) is 0 Å². The maximum Gasteiger partial charge on any atom is 0.0184 e. The van der Waals surface area contributed by atoms with Gasteiger partial charge in [-0.05, 0) is 126 Å². The summed E-state index contributed by atoms with van der Waals surface area (Å²) in [6.45, 7) is 9.36. The lowest BCUT2D eigenvalue weighted by Crippen LogP contribution is -2.62. The van der Waals surface area contributed by atoms with Gasteiger partial charge in [-0.1, -0.05) is 13.3 Å². The van der Waals surface area contributed by atoms with Crippen molar-refractivity contribution < 1.29 is 0 Å². The van der Waals surface area contributed by atoms with E-state index in [0.717, 1.165) is 29.7 Å². The lowest BCUT2D eigenvalue weighted by molar-refractivity contribution is -0.117. The third kappa shape index (κ3) is 2.81. The molecule has 0 bridgehead atoms. The zero-order valence-electron chi connectivity index (χ0n) is 17.4. The van der Waals surface area contributed by atoms with Gasteiger partial charge in [0, 0.05) is 11.6 Å². The molecule has 0 amide bonds. The van der Waals surface area contributed by atoms with Crippen LogP contribution in [0.1, 0.15) is 90.9 Å². The molecule has 0 radical (unpaired) electrons. The Labute approximate surface area is 161 Å². The molecule has 7 atom stereocenters. The second-order valence-electron chi connectivity index (χ2n) is 11.2. The molecule has 1 N–H and O–H groups in total. The Balaban J connectivity index is 1.32. The summed E-state index contributed by atoms with van der Waals surface area (Å²) in [6, 6.07) is 0.926. The van der Waals surface area contributed by atoms with E-state index in [2.05, 4.69) is 24.1 Å². The van der Waals surface area contributed by atoms with E-state index in [-0.39, 0.29) is 0 Å². The van der Waals surface area contributed by atoms with Crippen LogP contribution in [0.25, 0.3) is 0 Å². The van der Waals surface area contributed by atoms with Gasteiger partial charge >= 0.3 is 0 Å². The Hall–Kier alpha value is -0.0800. The largest absolute Gasteiger partial charge is 0.311 e. The highest BCUT2D eigenvalue weighted by Crippen LogP contribution is 2.62. The van der Waals surface area contributed by atoms with Crippen molar-refractivity contribution in [3.05, 3.63) is 0 Å². The molecule has 0 aromatic heterocycles. The van der Waals surface area contributed by atoms with Crippen molar-refractivity contribution in [3.8, 4) is 0 Å². The molecule has 3 saturated carbocycles. The molecule has 26 heavy (non-hydrogen) atoms. The third-order valence-corrected chi connectivity index (χ3v) is 10.2. The first-order valence-electron chi connectivity index (χ1n) is 12.1. The van der Waals surface area contributed by atoms with Gasteiger partial charge in [-0.15, -0.1) is 0 Å². The molecule has 0 unspecified atom stereocenters. The number of hydrogen-bond acceptors (Lipinski definition) is 2. The second-order valence-corrected chi connectivity index (χ2v) is 11.2. The fraction of sp³-hybridized carbons (Fsp3) is 1.00. The predicted molar refractivity (Wildman–Crippen MR) is 109 cm³/mol. The third-order valence-electron chi connectivity index (χ3n) is 10.2. The van der Waals surface area contributed by atoms with Gasteiger partial charge in [-0.25, -0.2) is 0 Å². The van der Waals surface area contributed by atoms with E-state index in [1.807, 2.05) is 0 Å². The number of hydrogen-bond donors (Lipinski definition) is 1. The first-order valence-corrected chi connectivity index (χ1v) is 12.1. The number of rotatable bonds is 1. The lowest BCUT2D eigenvalue weighted by Gasteiger charge is -2.63. The summed E-state index contributed by atoms with van der Waals surface area (Å²) in [4.78, 5) is 2.89. The Morgan fingerprint density at radius 1 is 0.808 bits per heavy atom. The van der Waals surface area contributed by atoms with Crippen LogP contribution in [0.4, 0.5) is 0 Å². The van der Waals surface area contributed by atoms with Crippen molar-refractivity contribution in [2.24, 2.45) is 29.1 Å². The van der Waals surface area contributed by atoms with Crippen LogP contribution < -0.4 is 5.32 Å². The fourth-order valence-corrected chi connectivity index (χ4v) is 8.62. The van der Waals surface area contributed by atoms with Crippen LogP contribution in [0, 0.1) is 29.1 Å². The van der Waals surface area contributed by atoms with Gasteiger partial charge in [-0.2, -0.15) is 0 Å². The molecule has 3 aliphatic carbocycles. The van der Waals surface area contributed by atoms with Gasteiger partial charge in [0.2, 0.25) is 0 Å². The van der Waals surface area contributed by atoms with E-state index < -0.39 is 0 Å². The highest BCUT2D eigenvalue weighted by atomic mass is 15.2. The maximum atomic E-state index is 3.96. The van der Waals surface area contributed by atoms with E-state index in [0.29, 0.717) is 11.0 Å². The van der Waals surface area contributed by atoms with E-state index in [1.165, 1.54) is 90.3 Å². The lowest BCUT2D eigenvalue weighted by atomic mass is 9.45. The highest BCUT2D eigenvalue weighted by molar-refractivity contribution is 5.09. The van der Waals surface area contributed by atoms with E-state index in [4.69, 9.17) is 0 Å². The van der Waals surface area contributed by atoms with Crippen molar-refractivity contribution in [1.29, 1.82) is 0 Å². The smallest absolute Gasteiger partial charge is 0.0184 e. The Bertz CT molecular complexity index is 512. The minimum Gasteiger partial charge on any atom is -0.311 e. The van der Waals surface area contributed by atoms with E-state index in [1.54, 1.807) is 6.42 Å². The fourth-order valence-electron chi connectivity index (χ4n) is 8.62. The Kier molecular flexibility index (Phi) is 4.68. The zero-order chi connectivity index (χ0) is 17.8. The molecule has 5 rings (SSSR count). The first kappa shape index (κ1) is 18.0. The number of nitrogens with one attached hydrogen (secondary N) is 1. The second kappa shape index (κ2) is 6.76. The van der Waals surface area contributed by atoms with E-state index in [9.17, 15) is 0 Å². The maximum absolute atomic E-state index is 3.96. The quantitative estimate of drug-likeness (QED) is 0.691. The summed E-state index contributed by atoms with van der Waals surface area (Å²) in [5.74, 6) is 4.04. The van der Waals surface area contributed by atoms with Crippen LogP contribution in [0.2, 0.25) is 0 Å². The molecular formula is C24H42N2. The minimum absolute atomic E-state index is 0.466. The van der Waals surface area contributed by atoms with Gasteiger partial charge in [-0.3, -0.25) is 0 Å². The standard InChI is InChI=1S/C24H42N2/c1-23-12-10-19(26-15-4-3-5-16-26)17-18(23)8-9-20-21(23)11-13-24(2)22(20)7-6-14-25-24/h18-22,25H,3-17H2,1-2H3/t18-,19+,20+,21-,22-,23+,24-/m0/s1. The molecule has 2 heterocycles. The summed E-state index contributed by atoms with van der Waals surface area (Å²) in [6.07, 6.45) is 17.9. The van der Waals surface area contributed by atoms with Crippen LogP contribution in [0.5, 0.6) is 0 Å². The van der Waals surface area contributed by atoms with Crippen LogP contribution in [0.15, 0.2) is 0 Å². The Morgan fingerprint density at radius 3 is 2.50 bits per heavy atom. The van der Waals surface area contributed by atoms with Gasteiger partial charge in [0.15, 0.2) is 0 Å². The van der Waals surface area contributed by atoms with Crippen molar-refractivity contribution in [3.63, 3.8) is 0 Å². The van der Waals surface area contributed by atoms with E-state index >= 15 is 0 Å². The zero-order valence-corrected chi connectivity index (χ0v) is 17.4. The van der Waals surface area contributed by atoms with Crippen LogP contribution in [-0.4, -0.2) is 36.1 Å². The molecule has 2 nitrogen and oxygen atoms in total. The van der Waals surface area contributed by atoms with Crippen molar-refractivity contribution in [2.45, 2.75) is 102 Å². The summed E-state index contributed by atoms with van der Waals surface area (Å²) in [5, 5.41) is 3.96. The highest BCUT2D eigenvalue weighted by Gasteiger charge is 2.57. The monoisotopic (exact) mass is 358 g/mol. The number of nitrogens with zero attached hydrogens (tertiary/aromatic N) is 1. The number of piperidine rings is 2. The van der Waals surface area contributed by atoms with Crippen LogP contribution in [-0.2, 0) is 0 Å². The first-order chi connectivity index (χ1) is 12.6. The summed E-state index contributed by atoms with van der Waals surface area (Å²) < 4.78 is 0. The van der Waals surface area contributed by atoms with Crippen molar-refractivity contribution in [2.75, 3.05) is 19.6 Å². The average molecular weight is 359 g/mol. The molecule has 0 aromatic rings. The molecule has 2 aliphatic heterocycles. The van der Waals surface area contributed by atoms with Gasteiger partial charge in [0.05, 0.1) is 0 Å². The molecule has 2 saturated heterocycles. The summed E-state index contributed by atoms with van der Waals surface area (Å²) in [5.41, 5.74) is 1.13. The molecule has 0 spiro atoms. The molecular weight excluding hydrogens is 316 g/mol. The topological polar surface area (TPSA) is 15.3 Å². The van der Waals surface area contributed by atoms with Crippen molar-refractivity contribution in [1.82, 2.24) is 10.2 Å². The Morgan fingerprint density at radius 2 is 1.65 bits per heavy atom. The minimum atomic E-state index is 0.466. The number of likely N-dealkylation sites (tertiary alicyclic amines) is 1. The van der Waals surface area contributed by atoms with Gasteiger partial charge in [0.25, 0.3) is 0 Å². The summed E-state index contributed by atoms with van der Waals surface area (Å²) in [7, 11) is 0. The molecule has 148 valence electrons.